The summed E-state index contributed by atoms with van der Waals surface area (Å²) in [6.45, 7) is 5.46. The highest BCUT2D eigenvalue weighted by Gasteiger charge is 2.44. The summed E-state index contributed by atoms with van der Waals surface area (Å²) in [6, 6.07) is 0. The van der Waals surface area contributed by atoms with Gasteiger partial charge in [0.1, 0.15) is 0 Å². The Morgan fingerprint density at radius 2 is 1.12 bits per heavy atom. The molecule has 0 aliphatic carbocycles. The molecule has 2 heteroatoms. The van der Waals surface area contributed by atoms with E-state index in [2.05, 4.69) is 13.8 Å². The van der Waals surface area contributed by atoms with E-state index in [0.29, 0.717) is 6.61 Å². The molecule has 1 N–H and O–H groups in total. The van der Waals surface area contributed by atoms with E-state index in [4.69, 9.17) is 4.74 Å². The second kappa shape index (κ2) is 15.0. The molecule has 25 heavy (non-hydrogen) atoms. The van der Waals surface area contributed by atoms with Crippen LogP contribution in [0.15, 0.2) is 0 Å². The van der Waals surface area contributed by atoms with Crippen molar-refractivity contribution in [1.82, 2.24) is 0 Å². The van der Waals surface area contributed by atoms with Gasteiger partial charge in [0, 0.05) is 5.41 Å². The maximum Gasteiger partial charge on any atom is 0.0647 e. The molecule has 150 valence electrons. The van der Waals surface area contributed by atoms with Crippen molar-refractivity contribution in [3.63, 3.8) is 0 Å². The van der Waals surface area contributed by atoms with Gasteiger partial charge in [-0.25, -0.2) is 0 Å². The summed E-state index contributed by atoms with van der Waals surface area (Å²) < 4.78 is 5.46. The third-order valence-corrected chi connectivity index (χ3v) is 6.33. The van der Waals surface area contributed by atoms with Crippen molar-refractivity contribution >= 4 is 0 Å². The average Bonchev–Trinajstić information content (AvgIpc) is 2.63. The molecule has 0 aromatic heterocycles. The van der Waals surface area contributed by atoms with Crippen LogP contribution in [0.25, 0.3) is 0 Å². The molecule has 1 aliphatic heterocycles. The first kappa shape index (κ1) is 23.0. The Labute approximate surface area is 158 Å². The molecular formula is C23H46O2. The number of hydrogen-bond acceptors (Lipinski definition) is 2. The van der Waals surface area contributed by atoms with Gasteiger partial charge in [-0.3, -0.25) is 0 Å². The van der Waals surface area contributed by atoms with Crippen LogP contribution in [-0.4, -0.2) is 24.4 Å². The molecule has 0 radical (unpaired) electrons. The zero-order valence-electron chi connectivity index (χ0n) is 17.4. The van der Waals surface area contributed by atoms with Gasteiger partial charge in [0.05, 0.1) is 19.3 Å². The number of aliphatic hydroxyl groups is 1. The van der Waals surface area contributed by atoms with E-state index >= 15 is 0 Å². The maximum absolute atomic E-state index is 9.55. The second-order valence-corrected chi connectivity index (χ2v) is 8.53. The Kier molecular flexibility index (Phi) is 13.8. The van der Waals surface area contributed by atoms with Gasteiger partial charge in [-0.2, -0.15) is 0 Å². The van der Waals surface area contributed by atoms with E-state index in [9.17, 15) is 5.11 Å². The predicted molar refractivity (Wildman–Crippen MR) is 109 cm³/mol. The predicted octanol–water partition coefficient (Wildman–Crippen LogP) is 7.04. The first-order valence-electron chi connectivity index (χ1n) is 11.5. The third kappa shape index (κ3) is 9.99. The van der Waals surface area contributed by atoms with Crippen LogP contribution in [0.4, 0.5) is 0 Å². The molecule has 0 spiro atoms. The first-order chi connectivity index (χ1) is 12.2. The number of unbranched alkanes of at least 4 members (excludes halogenated alkanes) is 15. The quantitative estimate of drug-likeness (QED) is 0.268. The molecule has 0 bridgehead atoms. The van der Waals surface area contributed by atoms with Crippen LogP contribution in [0.2, 0.25) is 0 Å². The van der Waals surface area contributed by atoms with Crippen LogP contribution in [-0.2, 0) is 4.74 Å². The van der Waals surface area contributed by atoms with Crippen molar-refractivity contribution in [2.45, 2.75) is 129 Å². The number of ether oxygens (including phenoxy) is 1. The molecule has 1 heterocycles. The van der Waals surface area contributed by atoms with Crippen LogP contribution >= 0.6 is 0 Å². The first-order valence-corrected chi connectivity index (χ1v) is 11.5. The molecule has 0 aromatic rings. The smallest absolute Gasteiger partial charge is 0.0647 e. The minimum atomic E-state index is 0.0933. The molecule has 0 amide bonds. The Hall–Kier alpha value is -0.0800. The van der Waals surface area contributed by atoms with Gasteiger partial charge >= 0.3 is 0 Å². The van der Waals surface area contributed by atoms with Crippen LogP contribution < -0.4 is 0 Å². The Morgan fingerprint density at radius 1 is 0.720 bits per heavy atom. The molecule has 1 saturated heterocycles. The van der Waals surface area contributed by atoms with Gasteiger partial charge < -0.3 is 9.84 Å². The summed E-state index contributed by atoms with van der Waals surface area (Å²) in [7, 11) is 0. The Morgan fingerprint density at radius 3 is 1.40 bits per heavy atom. The van der Waals surface area contributed by atoms with Crippen molar-refractivity contribution in [2.75, 3.05) is 13.2 Å². The van der Waals surface area contributed by atoms with Crippen molar-refractivity contribution < 1.29 is 9.84 Å². The van der Waals surface area contributed by atoms with Gasteiger partial charge in [-0.05, 0) is 13.3 Å². The molecule has 1 fully saturated rings. The fourth-order valence-corrected chi connectivity index (χ4v) is 4.04. The maximum atomic E-state index is 9.55. The minimum Gasteiger partial charge on any atom is -0.396 e. The van der Waals surface area contributed by atoms with Gasteiger partial charge in [0.15, 0.2) is 0 Å². The summed E-state index contributed by atoms with van der Waals surface area (Å²) in [6.07, 6.45) is 24.0. The van der Waals surface area contributed by atoms with E-state index < -0.39 is 0 Å². The number of hydrogen-bond donors (Lipinski definition) is 1. The van der Waals surface area contributed by atoms with E-state index in [1.54, 1.807) is 0 Å². The monoisotopic (exact) mass is 354 g/mol. The lowest BCUT2D eigenvalue weighted by atomic mass is 9.75. The summed E-state index contributed by atoms with van der Waals surface area (Å²) in [5.74, 6) is 0. The summed E-state index contributed by atoms with van der Waals surface area (Å²) in [5.41, 5.74) is 0.0933. The summed E-state index contributed by atoms with van der Waals surface area (Å²) in [5, 5.41) is 9.55. The van der Waals surface area contributed by atoms with Crippen LogP contribution in [0.5, 0.6) is 0 Å². The number of aliphatic hydroxyl groups excluding tert-OH is 1. The lowest BCUT2D eigenvalue weighted by molar-refractivity contribution is -0.199. The lowest BCUT2D eigenvalue weighted by Gasteiger charge is -2.46. The highest BCUT2D eigenvalue weighted by Crippen LogP contribution is 2.39. The van der Waals surface area contributed by atoms with E-state index in [-0.39, 0.29) is 11.5 Å². The van der Waals surface area contributed by atoms with Gasteiger partial charge in [-0.15, -0.1) is 0 Å². The number of rotatable bonds is 18. The SMILES string of the molecule is CCCCCCCCCCCCCCCCCCC1(CO)COC1C. The van der Waals surface area contributed by atoms with Crippen molar-refractivity contribution in [3.8, 4) is 0 Å². The minimum absolute atomic E-state index is 0.0933. The average molecular weight is 355 g/mol. The van der Waals surface area contributed by atoms with Gasteiger partial charge in [0.2, 0.25) is 0 Å². The molecule has 1 rings (SSSR count). The van der Waals surface area contributed by atoms with Crippen LogP contribution in [0.1, 0.15) is 123 Å². The highest BCUT2D eigenvalue weighted by molar-refractivity contribution is 4.91. The Bertz CT molecular complexity index is 288. The fourth-order valence-electron chi connectivity index (χ4n) is 4.04. The van der Waals surface area contributed by atoms with Crippen molar-refractivity contribution in [2.24, 2.45) is 5.41 Å². The zero-order valence-corrected chi connectivity index (χ0v) is 17.4. The van der Waals surface area contributed by atoms with E-state index in [1.807, 2.05) is 0 Å². The van der Waals surface area contributed by atoms with E-state index in [0.717, 1.165) is 13.0 Å². The largest absolute Gasteiger partial charge is 0.396 e. The van der Waals surface area contributed by atoms with E-state index in [1.165, 1.54) is 103 Å². The van der Waals surface area contributed by atoms with Crippen molar-refractivity contribution in [1.29, 1.82) is 0 Å². The molecule has 2 unspecified atom stereocenters. The standard InChI is InChI=1S/C23H46O2/c1-3-4-5-6-7-8-9-10-11-12-13-14-15-16-17-18-19-23(20-24)21-25-22(23)2/h22,24H,3-21H2,1-2H3. The normalized spacial score (nSPS) is 22.9. The zero-order chi connectivity index (χ0) is 18.2. The summed E-state index contributed by atoms with van der Waals surface area (Å²) in [4.78, 5) is 0. The molecule has 0 saturated carbocycles. The second-order valence-electron chi connectivity index (χ2n) is 8.53. The highest BCUT2D eigenvalue weighted by atomic mass is 16.5. The Balaban J connectivity index is 1.73. The molecule has 0 aromatic carbocycles. The molecule has 1 aliphatic rings. The van der Waals surface area contributed by atoms with Crippen LogP contribution in [0, 0.1) is 5.41 Å². The third-order valence-electron chi connectivity index (χ3n) is 6.33. The van der Waals surface area contributed by atoms with Gasteiger partial charge in [-0.1, -0.05) is 110 Å². The molecular weight excluding hydrogens is 308 g/mol. The topological polar surface area (TPSA) is 29.5 Å². The molecule has 2 nitrogen and oxygen atoms in total. The summed E-state index contributed by atoms with van der Waals surface area (Å²) >= 11 is 0. The van der Waals surface area contributed by atoms with Crippen molar-refractivity contribution in [3.05, 3.63) is 0 Å². The van der Waals surface area contributed by atoms with Crippen LogP contribution in [0.3, 0.4) is 0 Å². The molecule has 2 atom stereocenters. The lowest BCUT2D eigenvalue weighted by Crippen LogP contribution is -2.52. The fraction of sp³-hybridized carbons (Fsp3) is 1.00. The van der Waals surface area contributed by atoms with Gasteiger partial charge in [0.25, 0.3) is 0 Å².